The van der Waals surface area contributed by atoms with Gasteiger partial charge >= 0.3 is 0 Å². The quantitative estimate of drug-likeness (QED) is 0.688. The first-order valence-corrected chi connectivity index (χ1v) is 4.08. The van der Waals surface area contributed by atoms with Crippen molar-refractivity contribution in [2.24, 2.45) is 5.92 Å². The molecule has 0 saturated heterocycles. The van der Waals surface area contributed by atoms with E-state index in [0.29, 0.717) is 0 Å². The van der Waals surface area contributed by atoms with Crippen molar-refractivity contribution in [3.05, 3.63) is 11.8 Å². The van der Waals surface area contributed by atoms with Crippen LogP contribution < -0.4 is 5.32 Å². The number of H-pyrrole nitrogens is 1. The molecule has 4 heteroatoms. The molecule has 0 spiro atoms. The molecule has 1 aromatic rings. The highest BCUT2D eigenvalue weighted by molar-refractivity contribution is 5.93. The fraction of sp³-hybridized carbons (Fsp3) is 0.500. The number of carbonyl (C=O) groups is 1. The number of anilines is 1. The minimum absolute atomic E-state index is 0.113. The monoisotopic (exact) mass is 165 g/mol. The van der Waals surface area contributed by atoms with Crippen LogP contribution in [-0.4, -0.2) is 16.1 Å². The molecule has 1 aliphatic rings. The minimum atomic E-state index is 0.113. The molecule has 1 saturated carbocycles. The lowest BCUT2D eigenvalue weighted by Crippen LogP contribution is -2.14. The molecule has 2 rings (SSSR count). The second kappa shape index (κ2) is 2.62. The smallest absolute Gasteiger partial charge is 0.228 e. The van der Waals surface area contributed by atoms with Gasteiger partial charge in [-0.05, 0) is 19.8 Å². The van der Waals surface area contributed by atoms with Gasteiger partial charge in [0.15, 0.2) is 0 Å². The Morgan fingerprint density at radius 1 is 1.75 bits per heavy atom. The molecule has 64 valence electrons. The molecule has 1 aromatic heterocycles. The predicted octanol–water partition coefficient (Wildman–Crippen LogP) is 1.07. The summed E-state index contributed by atoms with van der Waals surface area (Å²) in [7, 11) is 0. The first kappa shape index (κ1) is 7.34. The number of nitrogens with zero attached hydrogens (tertiary/aromatic N) is 1. The van der Waals surface area contributed by atoms with E-state index in [0.717, 1.165) is 24.2 Å². The maximum absolute atomic E-state index is 11.3. The Balaban J connectivity index is 2.02. The molecule has 0 bridgehead atoms. The van der Waals surface area contributed by atoms with Crippen molar-refractivity contribution in [2.45, 2.75) is 19.8 Å². The molecule has 1 amide bonds. The molecule has 0 radical (unpaired) electrons. The Bertz CT molecular complexity index is 301. The van der Waals surface area contributed by atoms with Gasteiger partial charge in [-0.25, -0.2) is 0 Å². The van der Waals surface area contributed by atoms with Gasteiger partial charge in [-0.2, -0.15) is 5.10 Å². The Morgan fingerprint density at radius 2 is 2.50 bits per heavy atom. The van der Waals surface area contributed by atoms with E-state index in [2.05, 4.69) is 15.5 Å². The average molecular weight is 165 g/mol. The largest absolute Gasteiger partial charge is 0.311 e. The minimum Gasteiger partial charge on any atom is -0.311 e. The van der Waals surface area contributed by atoms with E-state index in [9.17, 15) is 4.79 Å². The first-order chi connectivity index (χ1) is 5.77. The van der Waals surface area contributed by atoms with Crippen molar-refractivity contribution in [1.82, 2.24) is 10.2 Å². The maximum Gasteiger partial charge on any atom is 0.228 e. The highest BCUT2D eigenvalue weighted by Crippen LogP contribution is 2.30. The molecule has 1 heterocycles. The van der Waals surface area contributed by atoms with Crippen LogP contribution in [0.25, 0.3) is 0 Å². The fourth-order valence-corrected chi connectivity index (χ4v) is 1.04. The Kier molecular flexibility index (Phi) is 1.60. The Hall–Kier alpha value is -1.32. The normalized spacial score (nSPS) is 16.1. The zero-order valence-electron chi connectivity index (χ0n) is 6.92. The molecule has 0 atom stereocenters. The Morgan fingerprint density at radius 3 is 3.00 bits per heavy atom. The van der Waals surface area contributed by atoms with E-state index in [1.54, 1.807) is 6.20 Å². The third-order valence-corrected chi connectivity index (χ3v) is 2.03. The van der Waals surface area contributed by atoms with Gasteiger partial charge in [0.25, 0.3) is 0 Å². The maximum atomic E-state index is 11.3. The van der Waals surface area contributed by atoms with Crippen LogP contribution in [0.15, 0.2) is 6.20 Å². The number of aromatic nitrogens is 2. The van der Waals surface area contributed by atoms with E-state index >= 15 is 0 Å². The number of rotatable bonds is 2. The predicted molar refractivity (Wildman–Crippen MR) is 44.7 cm³/mol. The van der Waals surface area contributed by atoms with Gasteiger partial charge in [0.1, 0.15) is 5.82 Å². The van der Waals surface area contributed by atoms with Crippen LogP contribution in [0, 0.1) is 12.8 Å². The van der Waals surface area contributed by atoms with E-state index < -0.39 is 0 Å². The zero-order chi connectivity index (χ0) is 8.55. The number of aryl methyl sites for hydroxylation is 1. The summed E-state index contributed by atoms with van der Waals surface area (Å²) in [6.07, 6.45) is 3.75. The summed E-state index contributed by atoms with van der Waals surface area (Å²) < 4.78 is 0. The summed E-state index contributed by atoms with van der Waals surface area (Å²) in [5.41, 5.74) is 0.976. The number of hydrogen-bond donors (Lipinski definition) is 2. The molecular weight excluding hydrogens is 154 g/mol. The summed E-state index contributed by atoms with van der Waals surface area (Å²) in [5, 5.41) is 9.35. The average Bonchev–Trinajstić information content (AvgIpc) is 2.80. The van der Waals surface area contributed by atoms with Crippen LogP contribution in [0.5, 0.6) is 0 Å². The fourth-order valence-electron chi connectivity index (χ4n) is 1.04. The molecule has 12 heavy (non-hydrogen) atoms. The standard InChI is InChI=1S/C8H11N3O/c1-5-4-9-11-7(5)10-8(12)6-2-3-6/h4,6H,2-3H2,1H3,(H2,9,10,11,12). The van der Waals surface area contributed by atoms with E-state index in [1.165, 1.54) is 0 Å². The lowest BCUT2D eigenvalue weighted by atomic mass is 10.3. The van der Waals surface area contributed by atoms with Crippen molar-refractivity contribution >= 4 is 11.7 Å². The Labute approximate surface area is 70.4 Å². The van der Waals surface area contributed by atoms with Crippen LogP contribution in [0.4, 0.5) is 5.82 Å². The highest BCUT2D eigenvalue weighted by atomic mass is 16.2. The summed E-state index contributed by atoms with van der Waals surface area (Å²) >= 11 is 0. The second-order valence-corrected chi connectivity index (χ2v) is 3.19. The van der Waals surface area contributed by atoms with Gasteiger partial charge in [0.05, 0.1) is 6.20 Å². The summed E-state index contributed by atoms with van der Waals surface area (Å²) in [6.45, 7) is 1.91. The molecule has 2 N–H and O–H groups in total. The van der Waals surface area contributed by atoms with Crippen LogP contribution >= 0.6 is 0 Å². The molecular formula is C8H11N3O. The van der Waals surface area contributed by atoms with Crippen molar-refractivity contribution in [3.63, 3.8) is 0 Å². The SMILES string of the molecule is Cc1cn[nH]c1NC(=O)C1CC1. The van der Waals surface area contributed by atoms with Crippen molar-refractivity contribution < 1.29 is 4.79 Å². The third kappa shape index (κ3) is 1.32. The van der Waals surface area contributed by atoms with Crippen molar-refractivity contribution in [1.29, 1.82) is 0 Å². The highest BCUT2D eigenvalue weighted by Gasteiger charge is 2.29. The number of hydrogen-bond acceptors (Lipinski definition) is 2. The van der Waals surface area contributed by atoms with Crippen LogP contribution in [0.3, 0.4) is 0 Å². The summed E-state index contributed by atoms with van der Waals surface area (Å²) in [6, 6.07) is 0. The molecule has 1 aliphatic carbocycles. The van der Waals surface area contributed by atoms with E-state index in [1.807, 2.05) is 6.92 Å². The van der Waals surface area contributed by atoms with Gasteiger partial charge in [-0.15, -0.1) is 0 Å². The van der Waals surface area contributed by atoms with E-state index in [4.69, 9.17) is 0 Å². The molecule has 1 fully saturated rings. The number of nitrogens with one attached hydrogen (secondary N) is 2. The van der Waals surface area contributed by atoms with Crippen molar-refractivity contribution in [3.8, 4) is 0 Å². The molecule has 0 aromatic carbocycles. The first-order valence-electron chi connectivity index (χ1n) is 4.08. The summed E-state index contributed by atoms with van der Waals surface area (Å²) in [4.78, 5) is 11.3. The van der Waals surface area contributed by atoms with Gasteiger partial charge in [-0.1, -0.05) is 0 Å². The van der Waals surface area contributed by atoms with Gasteiger partial charge in [0.2, 0.25) is 5.91 Å². The van der Waals surface area contributed by atoms with Crippen LogP contribution in [0.2, 0.25) is 0 Å². The summed E-state index contributed by atoms with van der Waals surface area (Å²) in [5.74, 6) is 1.09. The third-order valence-electron chi connectivity index (χ3n) is 2.03. The van der Waals surface area contributed by atoms with Crippen molar-refractivity contribution in [2.75, 3.05) is 5.32 Å². The number of carbonyl (C=O) groups excluding carboxylic acids is 1. The van der Waals surface area contributed by atoms with E-state index in [-0.39, 0.29) is 11.8 Å². The zero-order valence-corrected chi connectivity index (χ0v) is 6.92. The lowest BCUT2D eigenvalue weighted by molar-refractivity contribution is -0.117. The second-order valence-electron chi connectivity index (χ2n) is 3.19. The van der Waals surface area contributed by atoms with Gasteiger partial charge < -0.3 is 5.32 Å². The molecule has 4 nitrogen and oxygen atoms in total. The molecule has 0 unspecified atom stereocenters. The topological polar surface area (TPSA) is 57.8 Å². The number of amides is 1. The molecule has 0 aliphatic heterocycles. The number of aromatic amines is 1. The lowest BCUT2D eigenvalue weighted by Gasteiger charge is -2.00. The van der Waals surface area contributed by atoms with Gasteiger partial charge in [-0.3, -0.25) is 9.89 Å². The van der Waals surface area contributed by atoms with Crippen LogP contribution in [-0.2, 0) is 4.79 Å². The van der Waals surface area contributed by atoms with Crippen LogP contribution in [0.1, 0.15) is 18.4 Å². The van der Waals surface area contributed by atoms with Gasteiger partial charge in [0, 0.05) is 11.5 Å².